The number of carbonyl (C=O) groups excluding carboxylic acids is 1. The van der Waals surface area contributed by atoms with Crippen LogP contribution < -0.4 is 4.90 Å². The highest BCUT2D eigenvalue weighted by Crippen LogP contribution is 2.29. The Balaban J connectivity index is 1.82. The molecule has 0 aliphatic carbocycles. The maximum Gasteiger partial charge on any atom is 0.333 e. The molecule has 0 radical (unpaired) electrons. The normalized spacial score (nSPS) is 17.8. The third-order valence-corrected chi connectivity index (χ3v) is 4.51. The summed E-state index contributed by atoms with van der Waals surface area (Å²) in [6, 6.07) is 20.7. The van der Waals surface area contributed by atoms with Gasteiger partial charge in [0.1, 0.15) is 0 Å². The summed E-state index contributed by atoms with van der Waals surface area (Å²) in [5, 5.41) is 0. The number of para-hydroxylation sites is 1. The smallest absolute Gasteiger partial charge is 0.333 e. The number of ether oxygens (including phenoxy) is 1. The average molecular weight is 321 g/mol. The first-order chi connectivity index (χ1) is 11.8. The van der Waals surface area contributed by atoms with E-state index in [4.69, 9.17) is 4.74 Å². The Morgan fingerprint density at radius 2 is 1.79 bits per heavy atom. The predicted molar refractivity (Wildman–Crippen MR) is 97.9 cm³/mol. The standard InChI is InChI=1S/C21H23NO2/c1-24-21(23)18(15-17-9-4-2-5-10-17)16-20-13-8-14-22(20)19-11-6-3-7-12-19/h2-7,9-12,15,20H,8,13-14,16H2,1H3/b18-15+. The number of hydrogen-bond donors (Lipinski definition) is 0. The highest BCUT2D eigenvalue weighted by atomic mass is 16.5. The zero-order valence-electron chi connectivity index (χ0n) is 14.0. The molecule has 2 aromatic rings. The van der Waals surface area contributed by atoms with E-state index < -0.39 is 0 Å². The molecular formula is C21H23NO2. The van der Waals surface area contributed by atoms with Crippen LogP contribution in [0.3, 0.4) is 0 Å². The summed E-state index contributed by atoms with van der Waals surface area (Å²) in [6.45, 7) is 1.04. The van der Waals surface area contributed by atoms with Crippen LogP contribution in [0.2, 0.25) is 0 Å². The van der Waals surface area contributed by atoms with Crippen molar-refractivity contribution >= 4 is 17.7 Å². The van der Waals surface area contributed by atoms with Crippen LogP contribution in [0.4, 0.5) is 5.69 Å². The molecule has 1 aliphatic rings. The van der Waals surface area contributed by atoms with Gasteiger partial charge in [-0.15, -0.1) is 0 Å². The van der Waals surface area contributed by atoms with Crippen molar-refractivity contribution in [1.82, 2.24) is 0 Å². The predicted octanol–water partition coefficient (Wildman–Crippen LogP) is 4.30. The number of carbonyl (C=O) groups is 1. The summed E-state index contributed by atoms with van der Waals surface area (Å²) >= 11 is 0. The fraction of sp³-hybridized carbons (Fsp3) is 0.286. The SMILES string of the molecule is COC(=O)/C(=C/c1ccccc1)CC1CCCN1c1ccccc1. The second kappa shape index (κ2) is 7.82. The molecule has 1 unspecified atom stereocenters. The van der Waals surface area contributed by atoms with Crippen LogP contribution in [-0.2, 0) is 9.53 Å². The zero-order chi connectivity index (χ0) is 16.8. The second-order valence-electron chi connectivity index (χ2n) is 6.10. The Kier molecular flexibility index (Phi) is 5.32. The highest BCUT2D eigenvalue weighted by Gasteiger charge is 2.27. The van der Waals surface area contributed by atoms with Crippen LogP contribution >= 0.6 is 0 Å². The lowest BCUT2D eigenvalue weighted by Crippen LogP contribution is -2.30. The van der Waals surface area contributed by atoms with Crippen LogP contribution in [0, 0.1) is 0 Å². The van der Waals surface area contributed by atoms with Crippen LogP contribution in [0.1, 0.15) is 24.8 Å². The lowest BCUT2D eigenvalue weighted by molar-refractivity contribution is -0.136. The van der Waals surface area contributed by atoms with Gasteiger partial charge < -0.3 is 9.64 Å². The van der Waals surface area contributed by atoms with Gasteiger partial charge in [-0.1, -0.05) is 48.5 Å². The van der Waals surface area contributed by atoms with E-state index in [0.717, 1.165) is 30.5 Å². The molecule has 124 valence electrons. The minimum absolute atomic E-state index is 0.237. The van der Waals surface area contributed by atoms with Gasteiger partial charge in [0, 0.05) is 23.8 Å². The minimum atomic E-state index is -0.237. The van der Waals surface area contributed by atoms with Crippen LogP contribution in [0.25, 0.3) is 6.08 Å². The Hall–Kier alpha value is -2.55. The van der Waals surface area contributed by atoms with Crippen LogP contribution in [-0.4, -0.2) is 25.7 Å². The fourth-order valence-electron chi connectivity index (χ4n) is 3.34. The third kappa shape index (κ3) is 3.85. The molecule has 0 saturated carbocycles. The average Bonchev–Trinajstić information content (AvgIpc) is 3.10. The molecule has 1 heterocycles. The molecule has 2 aromatic carbocycles. The van der Waals surface area contributed by atoms with E-state index in [2.05, 4.69) is 29.2 Å². The molecule has 3 heteroatoms. The summed E-state index contributed by atoms with van der Waals surface area (Å²) in [6.07, 6.45) is 4.90. The molecule has 0 N–H and O–H groups in total. The van der Waals surface area contributed by atoms with Crippen molar-refractivity contribution in [3.63, 3.8) is 0 Å². The molecule has 1 atom stereocenters. The number of benzene rings is 2. The maximum atomic E-state index is 12.2. The topological polar surface area (TPSA) is 29.5 Å². The summed E-state index contributed by atoms with van der Waals surface area (Å²) in [5.41, 5.74) is 2.99. The van der Waals surface area contributed by atoms with E-state index in [1.165, 1.54) is 12.8 Å². The summed E-state index contributed by atoms with van der Waals surface area (Å²) < 4.78 is 5.01. The summed E-state index contributed by atoms with van der Waals surface area (Å²) in [7, 11) is 1.45. The number of nitrogens with zero attached hydrogens (tertiary/aromatic N) is 1. The maximum absolute atomic E-state index is 12.2. The minimum Gasteiger partial charge on any atom is -0.466 e. The van der Waals surface area contributed by atoms with Gasteiger partial charge in [-0.2, -0.15) is 0 Å². The molecule has 1 aliphatic heterocycles. The van der Waals surface area contributed by atoms with Crippen LogP contribution in [0.5, 0.6) is 0 Å². The van der Waals surface area contributed by atoms with Crippen molar-refractivity contribution in [3.05, 3.63) is 71.8 Å². The van der Waals surface area contributed by atoms with E-state index in [1.54, 1.807) is 0 Å². The molecule has 0 aromatic heterocycles. The zero-order valence-corrected chi connectivity index (χ0v) is 14.0. The van der Waals surface area contributed by atoms with Crippen molar-refractivity contribution < 1.29 is 9.53 Å². The molecule has 0 bridgehead atoms. The van der Waals surface area contributed by atoms with Crippen molar-refractivity contribution in [2.45, 2.75) is 25.3 Å². The van der Waals surface area contributed by atoms with E-state index in [-0.39, 0.29) is 5.97 Å². The Morgan fingerprint density at radius 1 is 1.12 bits per heavy atom. The Bertz CT molecular complexity index is 694. The number of hydrogen-bond acceptors (Lipinski definition) is 3. The van der Waals surface area contributed by atoms with Gasteiger partial charge in [0.15, 0.2) is 0 Å². The molecule has 0 spiro atoms. The van der Waals surface area contributed by atoms with Gasteiger partial charge in [0.2, 0.25) is 0 Å². The first-order valence-electron chi connectivity index (χ1n) is 8.43. The van der Waals surface area contributed by atoms with E-state index in [0.29, 0.717) is 12.5 Å². The van der Waals surface area contributed by atoms with E-state index >= 15 is 0 Å². The van der Waals surface area contributed by atoms with E-state index in [1.807, 2.05) is 42.5 Å². The number of anilines is 1. The van der Waals surface area contributed by atoms with Crippen molar-refractivity contribution in [1.29, 1.82) is 0 Å². The van der Waals surface area contributed by atoms with Gasteiger partial charge in [-0.05, 0) is 43.0 Å². The van der Waals surface area contributed by atoms with Crippen molar-refractivity contribution in [2.75, 3.05) is 18.6 Å². The number of methoxy groups -OCH3 is 1. The molecule has 3 nitrogen and oxygen atoms in total. The molecule has 0 amide bonds. The molecular weight excluding hydrogens is 298 g/mol. The quantitative estimate of drug-likeness (QED) is 0.607. The largest absolute Gasteiger partial charge is 0.466 e. The Morgan fingerprint density at radius 3 is 2.46 bits per heavy atom. The van der Waals surface area contributed by atoms with Gasteiger partial charge in [-0.3, -0.25) is 0 Å². The molecule has 3 rings (SSSR count). The fourth-order valence-corrected chi connectivity index (χ4v) is 3.34. The monoisotopic (exact) mass is 321 g/mol. The number of esters is 1. The highest BCUT2D eigenvalue weighted by molar-refractivity contribution is 5.93. The van der Waals surface area contributed by atoms with Crippen molar-refractivity contribution in [3.8, 4) is 0 Å². The molecule has 24 heavy (non-hydrogen) atoms. The van der Waals surface area contributed by atoms with Gasteiger partial charge >= 0.3 is 5.97 Å². The first kappa shape index (κ1) is 16.3. The van der Waals surface area contributed by atoms with Crippen LogP contribution in [0.15, 0.2) is 66.2 Å². The van der Waals surface area contributed by atoms with Gasteiger partial charge in [0.05, 0.1) is 7.11 Å². The number of rotatable bonds is 5. The summed E-state index contributed by atoms with van der Waals surface area (Å²) in [4.78, 5) is 14.6. The molecule has 1 saturated heterocycles. The first-order valence-corrected chi connectivity index (χ1v) is 8.43. The lowest BCUT2D eigenvalue weighted by Gasteiger charge is -2.27. The Labute approximate surface area is 143 Å². The summed E-state index contributed by atoms with van der Waals surface area (Å²) in [5.74, 6) is -0.237. The van der Waals surface area contributed by atoms with Gasteiger partial charge in [0.25, 0.3) is 0 Å². The van der Waals surface area contributed by atoms with E-state index in [9.17, 15) is 4.79 Å². The second-order valence-corrected chi connectivity index (χ2v) is 6.10. The third-order valence-electron chi connectivity index (χ3n) is 4.51. The molecule has 1 fully saturated rings. The van der Waals surface area contributed by atoms with Gasteiger partial charge in [-0.25, -0.2) is 4.79 Å². The van der Waals surface area contributed by atoms with Crippen molar-refractivity contribution in [2.24, 2.45) is 0 Å². The lowest BCUT2D eigenvalue weighted by atomic mass is 10.0.